The van der Waals surface area contributed by atoms with Crippen molar-refractivity contribution in [1.29, 1.82) is 0 Å². The summed E-state index contributed by atoms with van der Waals surface area (Å²) in [6, 6.07) is 8.48. The second-order valence-corrected chi connectivity index (χ2v) is 6.13. The van der Waals surface area contributed by atoms with E-state index in [0.29, 0.717) is 11.9 Å². The van der Waals surface area contributed by atoms with Crippen molar-refractivity contribution in [2.75, 3.05) is 23.7 Å². The van der Waals surface area contributed by atoms with Crippen molar-refractivity contribution in [2.24, 2.45) is 0 Å². The quantitative estimate of drug-likeness (QED) is 0.902. The molecule has 1 fully saturated rings. The molecule has 110 valence electrons. The van der Waals surface area contributed by atoms with Crippen LogP contribution >= 0.6 is 15.9 Å². The molecule has 1 aliphatic heterocycles. The summed E-state index contributed by atoms with van der Waals surface area (Å²) in [5.74, 6) is 0.411. The molecule has 0 bridgehead atoms. The van der Waals surface area contributed by atoms with Gasteiger partial charge in [-0.15, -0.1) is 0 Å². The molecule has 0 saturated carbocycles. The third kappa shape index (κ3) is 3.15. The van der Waals surface area contributed by atoms with E-state index in [1.54, 1.807) is 0 Å². The lowest BCUT2D eigenvalue weighted by atomic mass is 9.90. The smallest absolute Gasteiger partial charge is 0.227 e. The number of nitrogens with zero attached hydrogens (tertiary/aromatic N) is 3. The standard InChI is InChI=1S/C15H16BrFN4/c16-12-3-1-10(2-4-12)11-5-7-21(8-6-11)15-19-9-13(17)14(18)20-15/h1-4,9,11H,5-8H2,(H2,18,19,20). The van der Waals surface area contributed by atoms with Crippen molar-refractivity contribution >= 4 is 27.7 Å². The lowest BCUT2D eigenvalue weighted by Crippen LogP contribution is -2.34. The van der Waals surface area contributed by atoms with Crippen LogP contribution in [-0.4, -0.2) is 23.1 Å². The van der Waals surface area contributed by atoms with Gasteiger partial charge in [0.2, 0.25) is 5.95 Å². The fourth-order valence-corrected chi connectivity index (χ4v) is 2.94. The molecule has 3 rings (SSSR count). The van der Waals surface area contributed by atoms with E-state index in [-0.39, 0.29) is 5.82 Å². The van der Waals surface area contributed by atoms with E-state index < -0.39 is 5.82 Å². The van der Waals surface area contributed by atoms with Gasteiger partial charge in [-0.25, -0.2) is 9.37 Å². The Kier molecular flexibility index (Phi) is 4.05. The van der Waals surface area contributed by atoms with Crippen LogP contribution in [0.25, 0.3) is 0 Å². The van der Waals surface area contributed by atoms with Gasteiger partial charge in [0.05, 0.1) is 6.20 Å². The van der Waals surface area contributed by atoms with Crippen LogP contribution in [0.4, 0.5) is 16.2 Å². The maximum atomic E-state index is 13.1. The van der Waals surface area contributed by atoms with E-state index in [2.05, 4.69) is 55.1 Å². The maximum absolute atomic E-state index is 13.1. The van der Waals surface area contributed by atoms with Crippen LogP contribution in [-0.2, 0) is 0 Å². The Morgan fingerprint density at radius 3 is 2.48 bits per heavy atom. The number of anilines is 2. The molecule has 0 radical (unpaired) electrons. The van der Waals surface area contributed by atoms with Crippen LogP contribution in [0.1, 0.15) is 24.3 Å². The van der Waals surface area contributed by atoms with Crippen LogP contribution in [0.3, 0.4) is 0 Å². The summed E-state index contributed by atoms with van der Waals surface area (Å²) < 4.78 is 14.2. The molecule has 0 spiro atoms. The molecule has 1 aliphatic rings. The first-order valence-corrected chi connectivity index (χ1v) is 7.71. The van der Waals surface area contributed by atoms with Gasteiger partial charge in [0.25, 0.3) is 0 Å². The minimum absolute atomic E-state index is 0.0879. The van der Waals surface area contributed by atoms with Crippen LogP contribution in [0.2, 0.25) is 0 Å². The van der Waals surface area contributed by atoms with Gasteiger partial charge in [-0.05, 0) is 36.5 Å². The van der Waals surface area contributed by atoms with Crippen LogP contribution in [0.5, 0.6) is 0 Å². The van der Waals surface area contributed by atoms with Gasteiger partial charge in [-0.2, -0.15) is 4.98 Å². The Bertz CT molecular complexity index is 624. The molecule has 2 heterocycles. The van der Waals surface area contributed by atoms with Gasteiger partial charge in [0.15, 0.2) is 11.6 Å². The Balaban J connectivity index is 1.67. The monoisotopic (exact) mass is 350 g/mol. The van der Waals surface area contributed by atoms with Crippen LogP contribution in [0.15, 0.2) is 34.9 Å². The fraction of sp³-hybridized carbons (Fsp3) is 0.333. The van der Waals surface area contributed by atoms with Crippen LogP contribution in [0, 0.1) is 5.82 Å². The highest BCUT2D eigenvalue weighted by atomic mass is 79.9. The summed E-state index contributed by atoms with van der Waals surface area (Å²) in [7, 11) is 0. The van der Waals surface area contributed by atoms with E-state index in [0.717, 1.165) is 36.6 Å². The molecule has 0 unspecified atom stereocenters. The van der Waals surface area contributed by atoms with Gasteiger partial charge in [0.1, 0.15) is 0 Å². The Morgan fingerprint density at radius 2 is 1.86 bits per heavy atom. The molecule has 2 aromatic rings. The average molecular weight is 351 g/mol. The summed E-state index contributed by atoms with van der Waals surface area (Å²) in [6.07, 6.45) is 3.20. The molecule has 0 atom stereocenters. The number of piperidine rings is 1. The largest absolute Gasteiger partial charge is 0.381 e. The molecule has 1 saturated heterocycles. The number of hydrogen-bond acceptors (Lipinski definition) is 4. The van der Waals surface area contributed by atoms with E-state index in [4.69, 9.17) is 5.73 Å². The summed E-state index contributed by atoms with van der Waals surface area (Å²) in [5.41, 5.74) is 6.86. The number of rotatable bonds is 2. The van der Waals surface area contributed by atoms with Crippen molar-refractivity contribution in [3.63, 3.8) is 0 Å². The number of aromatic nitrogens is 2. The lowest BCUT2D eigenvalue weighted by molar-refractivity contribution is 0.498. The Morgan fingerprint density at radius 1 is 1.19 bits per heavy atom. The lowest BCUT2D eigenvalue weighted by Gasteiger charge is -2.32. The molecule has 0 aliphatic carbocycles. The van der Waals surface area contributed by atoms with E-state index >= 15 is 0 Å². The van der Waals surface area contributed by atoms with E-state index in [1.807, 2.05) is 0 Å². The molecular weight excluding hydrogens is 335 g/mol. The molecule has 2 N–H and O–H groups in total. The Labute approximate surface area is 131 Å². The predicted octanol–water partition coefficient (Wildman–Crippen LogP) is 3.34. The SMILES string of the molecule is Nc1nc(N2CCC(c3ccc(Br)cc3)CC2)ncc1F. The minimum atomic E-state index is -0.566. The van der Waals surface area contributed by atoms with Crippen molar-refractivity contribution in [3.05, 3.63) is 46.3 Å². The van der Waals surface area contributed by atoms with Crippen molar-refractivity contribution in [1.82, 2.24) is 9.97 Å². The third-order valence-electron chi connectivity index (χ3n) is 3.88. The summed E-state index contributed by atoms with van der Waals surface area (Å²) in [5, 5.41) is 0. The number of benzene rings is 1. The minimum Gasteiger partial charge on any atom is -0.381 e. The van der Waals surface area contributed by atoms with Gasteiger partial charge in [0, 0.05) is 17.6 Å². The summed E-state index contributed by atoms with van der Waals surface area (Å²) >= 11 is 3.45. The molecule has 6 heteroatoms. The molecule has 4 nitrogen and oxygen atoms in total. The number of hydrogen-bond donors (Lipinski definition) is 1. The number of halogens is 2. The third-order valence-corrected chi connectivity index (χ3v) is 4.41. The Hall–Kier alpha value is -1.69. The van der Waals surface area contributed by atoms with Gasteiger partial charge < -0.3 is 10.6 Å². The highest BCUT2D eigenvalue weighted by Gasteiger charge is 2.22. The van der Waals surface area contributed by atoms with E-state index in [1.165, 1.54) is 5.56 Å². The van der Waals surface area contributed by atoms with Crippen molar-refractivity contribution in [2.45, 2.75) is 18.8 Å². The molecule has 21 heavy (non-hydrogen) atoms. The first-order chi connectivity index (χ1) is 10.1. The number of nitrogen functional groups attached to an aromatic ring is 1. The molecule has 1 aromatic carbocycles. The summed E-state index contributed by atoms with van der Waals surface area (Å²) in [6.45, 7) is 1.71. The van der Waals surface area contributed by atoms with Gasteiger partial charge in [-0.1, -0.05) is 28.1 Å². The van der Waals surface area contributed by atoms with Crippen LogP contribution < -0.4 is 10.6 Å². The first kappa shape index (κ1) is 14.3. The average Bonchev–Trinajstić information content (AvgIpc) is 2.51. The zero-order chi connectivity index (χ0) is 14.8. The molecule has 0 amide bonds. The maximum Gasteiger partial charge on any atom is 0.227 e. The molecule has 1 aromatic heterocycles. The highest BCUT2D eigenvalue weighted by Crippen LogP contribution is 2.30. The second kappa shape index (κ2) is 5.97. The zero-order valence-corrected chi connectivity index (χ0v) is 13.1. The van der Waals surface area contributed by atoms with Gasteiger partial charge in [-0.3, -0.25) is 0 Å². The second-order valence-electron chi connectivity index (χ2n) is 5.22. The van der Waals surface area contributed by atoms with Crippen molar-refractivity contribution in [3.8, 4) is 0 Å². The number of nitrogens with two attached hydrogens (primary N) is 1. The highest BCUT2D eigenvalue weighted by molar-refractivity contribution is 9.10. The predicted molar refractivity (Wildman–Crippen MR) is 84.7 cm³/mol. The zero-order valence-electron chi connectivity index (χ0n) is 11.5. The van der Waals surface area contributed by atoms with Crippen molar-refractivity contribution < 1.29 is 4.39 Å². The normalized spacial score (nSPS) is 16.2. The van der Waals surface area contributed by atoms with E-state index in [9.17, 15) is 4.39 Å². The molecular formula is C15H16BrFN4. The first-order valence-electron chi connectivity index (χ1n) is 6.92. The topological polar surface area (TPSA) is 55.0 Å². The summed E-state index contributed by atoms with van der Waals surface area (Å²) in [4.78, 5) is 10.1. The fourth-order valence-electron chi connectivity index (χ4n) is 2.67. The van der Waals surface area contributed by atoms with Gasteiger partial charge >= 0.3 is 0 Å².